The highest BCUT2D eigenvalue weighted by Crippen LogP contribution is 2.21. The molecule has 0 aliphatic heterocycles. The van der Waals surface area contributed by atoms with E-state index >= 15 is 0 Å². The quantitative estimate of drug-likeness (QED) is 0.423. The zero-order valence-electron chi connectivity index (χ0n) is 13.9. The second-order valence-corrected chi connectivity index (χ2v) is 7.19. The topological polar surface area (TPSA) is 95.1 Å². The Bertz CT molecular complexity index is 938. The molecule has 140 valence electrons. The SMILES string of the molecule is Nn1c(COc2ccccc2)nnc1SCC(=O)Nc1ccc(Br)cc1F. The molecule has 7 nitrogen and oxygen atoms in total. The number of benzene rings is 2. The number of thioether (sulfide) groups is 1. The van der Waals surface area contributed by atoms with E-state index in [9.17, 15) is 9.18 Å². The van der Waals surface area contributed by atoms with Crippen LogP contribution in [0.15, 0.2) is 58.2 Å². The third kappa shape index (κ3) is 5.20. The van der Waals surface area contributed by atoms with Crippen molar-refractivity contribution in [2.45, 2.75) is 11.8 Å². The molecule has 0 radical (unpaired) electrons. The van der Waals surface area contributed by atoms with Crippen LogP contribution >= 0.6 is 27.7 Å². The van der Waals surface area contributed by atoms with Gasteiger partial charge in [-0.15, -0.1) is 10.2 Å². The molecule has 0 bridgehead atoms. The monoisotopic (exact) mass is 451 g/mol. The van der Waals surface area contributed by atoms with Crippen molar-refractivity contribution in [1.29, 1.82) is 0 Å². The van der Waals surface area contributed by atoms with E-state index in [-0.39, 0.29) is 24.0 Å². The Kier molecular flexibility index (Phi) is 6.30. The molecule has 0 aliphatic carbocycles. The van der Waals surface area contributed by atoms with Crippen molar-refractivity contribution in [3.05, 3.63) is 64.6 Å². The Morgan fingerprint density at radius 3 is 2.78 bits per heavy atom. The second-order valence-electron chi connectivity index (χ2n) is 5.33. The van der Waals surface area contributed by atoms with Crippen molar-refractivity contribution in [2.24, 2.45) is 0 Å². The normalized spacial score (nSPS) is 10.6. The van der Waals surface area contributed by atoms with Crippen LogP contribution in [0, 0.1) is 5.82 Å². The maximum absolute atomic E-state index is 13.8. The Labute approximate surface area is 167 Å². The number of nitrogens with two attached hydrogens (primary N) is 1. The lowest BCUT2D eigenvalue weighted by Gasteiger charge is -2.07. The lowest BCUT2D eigenvalue weighted by Crippen LogP contribution is -2.18. The number of rotatable bonds is 7. The van der Waals surface area contributed by atoms with Gasteiger partial charge in [-0.1, -0.05) is 45.9 Å². The fraction of sp³-hybridized carbons (Fsp3) is 0.118. The minimum atomic E-state index is -0.523. The fourth-order valence-electron chi connectivity index (χ4n) is 2.08. The van der Waals surface area contributed by atoms with E-state index in [4.69, 9.17) is 10.6 Å². The number of nitrogens with one attached hydrogen (secondary N) is 1. The predicted molar refractivity (Wildman–Crippen MR) is 104 cm³/mol. The summed E-state index contributed by atoms with van der Waals surface area (Å²) >= 11 is 4.25. The van der Waals surface area contributed by atoms with Gasteiger partial charge in [0.15, 0.2) is 5.82 Å². The first-order chi connectivity index (χ1) is 13.0. The molecular formula is C17H15BrFN5O2S. The largest absolute Gasteiger partial charge is 0.486 e. The van der Waals surface area contributed by atoms with E-state index in [0.717, 1.165) is 11.8 Å². The van der Waals surface area contributed by atoms with E-state index in [1.165, 1.54) is 16.8 Å². The first-order valence-electron chi connectivity index (χ1n) is 7.78. The molecule has 0 atom stereocenters. The molecule has 3 aromatic rings. The van der Waals surface area contributed by atoms with Gasteiger partial charge in [-0.25, -0.2) is 9.07 Å². The van der Waals surface area contributed by atoms with Gasteiger partial charge in [-0.3, -0.25) is 4.79 Å². The van der Waals surface area contributed by atoms with Gasteiger partial charge in [0.2, 0.25) is 11.1 Å². The molecule has 0 saturated carbocycles. The predicted octanol–water partition coefficient (Wildman–Crippen LogP) is 3.20. The maximum Gasteiger partial charge on any atom is 0.234 e. The molecule has 0 spiro atoms. The Morgan fingerprint density at radius 1 is 1.26 bits per heavy atom. The van der Waals surface area contributed by atoms with Crippen molar-refractivity contribution in [3.8, 4) is 5.75 Å². The van der Waals surface area contributed by atoms with Gasteiger partial charge in [0.05, 0.1) is 11.4 Å². The summed E-state index contributed by atoms with van der Waals surface area (Å²) in [6.45, 7) is 0.143. The van der Waals surface area contributed by atoms with Gasteiger partial charge >= 0.3 is 0 Å². The van der Waals surface area contributed by atoms with Gasteiger partial charge in [0.1, 0.15) is 18.2 Å². The summed E-state index contributed by atoms with van der Waals surface area (Å²) in [5.41, 5.74) is 0.106. The third-order valence-corrected chi connectivity index (χ3v) is 4.82. The minimum absolute atomic E-state index is 0.00434. The average molecular weight is 452 g/mol. The summed E-state index contributed by atoms with van der Waals surface area (Å²) in [7, 11) is 0. The van der Waals surface area contributed by atoms with Crippen LogP contribution in [0.3, 0.4) is 0 Å². The van der Waals surface area contributed by atoms with Gasteiger partial charge in [0.25, 0.3) is 0 Å². The highest BCUT2D eigenvalue weighted by Gasteiger charge is 2.14. The molecule has 1 amide bonds. The molecule has 0 unspecified atom stereocenters. The number of carbonyl (C=O) groups is 1. The minimum Gasteiger partial charge on any atom is -0.486 e. The lowest BCUT2D eigenvalue weighted by molar-refractivity contribution is -0.113. The van der Waals surface area contributed by atoms with Crippen LogP contribution in [0.5, 0.6) is 5.75 Å². The summed E-state index contributed by atoms with van der Waals surface area (Å²) in [4.78, 5) is 12.0. The van der Waals surface area contributed by atoms with Crippen molar-refractivity contribution in [3.63, 3.8) is 0 Å². The molecule has 0 fully saturated rings. The van der Waals surface area contributed by atoms with Gasteiger partial charge in [-0.2, -0.15) is 0 Å². The van der Waals surface area contributed by atoms with Crippen LogP contribution in [0.25, 0.3) is 0 Å². The standard InChI is InChI=1S/C17H15BrFN5O2S/c18-11-6-7-14(13(19)8-11)21-16(25)10-27-17-23-22-15(24(17)20)9-26-12-4-2-1-3-5-12/h1-8H,9-10,20H2,(H,21,25). The fourth-order valence-corrected chi connectivity index (χ4v) is 3.08. The Hall–Kier alpha value is -2.59. The van der Waals surface area contributed by atoms with E-state index in [1.54, 1.807) is 6.07 Å². The summed E-state index contributed by atoms with van der Waals surface area (Å²) in [5, 5.41) is 10.8. The smallest absolute Gasteiger partial charge is 0.234 e. The molecule has 3 N–H and O–H groups in total. The number of aromatic nitrogens is 3. The first-order valence-corrected chi connectivity index (χ1v) is 9.55. The number of carbonyl (C=O) groups excluding carboxylic acids is 1. The van der Waals surface area contributed by atoms with Crippen molar-refractivity contribution < 1.29 is 13.9 Å². The highest BCUT2D eigenvalue weighted by atomic mass is 79.9. The number of anilines is 1. The summed E-state index contributed by atoms with van der Waals surface area (Å²) in [6.07, 6.45) is 0. The van der Waals surface area contributed by atoms with Crippen molar-refractivity contribution in [2.75, 3.05) is 16.9 Å². The number of hydrogen-bond donors (Lipinski definition) is 2. The first kappa shape index (κ1) is 19.2. The second kappa shape index (κ2) is 8.87. The number of halogens is 2. The lowest BCUT2D eigenvalue weighted by atomic mass is 10.3. The molecule has 10 heteroatoms. The van der Waals surface area contributed by atoms with Crippen molar-refractivity contribution in [1.82, 2.24) is 14.9 Å². The number of para-hydroxylation sites is 1. The van der Waals surface area contributed by atoms with Crippen LogP contribution in [-0.2, 0) is 11.4 Å². The number of ether oxygens (including phenoxy) is 1. The van der Waals surface area contributed by atoms with Crippen LogP contribution in [0.4, 0.5) is 10.1 Å². The van der Waals surface area contributed by atoms with Gasteiger partial charge in [-0.05, 0) is 30.3 Å². The van der Waals surface area contributed by atoms with Crippen molar-refractivity contribution >= 4 is 39.3 Å². The maximum atomic E-state index is 13.8. The zero-order chi connectivity index (χ0) is 19.2. The zero-order valence-corrected chi connectivity index (χ0v) is 16.3. The van der Waals surface area contributed by atoms with Crippen LogP contribution in [-0.4, -0.2) is 26.5 Å². The number of hydrogen-bond acceptors (Lipinski definition) is 6. The molecule has 0 aliphatic rings. The Morgan fingerprint density at radius 2 is 2.04 bits per heavy atom. The number of nitrogens with zero attached hydrogens (tertiary/aromatic N) is 3. The van der Waals surface area contributed by atoms with Gasteiger partial charge in [0, 0.05) is 4.47 Å². The van der Waals surface area contributed by atoms with Gasteiger partial charge < -0.3 is 15.9 Å². The summed E-state index contributed by atoms with van der Waals surface area (Å²) < 4.78 is 21.2. The number of nitrogen functional groups attached to an aromatic ring is 1. The average Bonchev–Trinajstić information content (AvgIpc) is 3.01. The molecule has 2 aromatic carbocycles. The van der Waals surface area contributed by atoms with Crippen LogP contribution < -0.4 is 15.9 Å². The molecule has 1 heterocycles. The van der Waals surface area contributed by atoms with E-state index < -0.39 is 5.82 Å². The third-order valence-electron chi connectivity index (χ3n) is 3.38. The van der Waals surface area contributed by atoms with Crippen LogP contribution in [0.2, 0.25) is 0 Å². The van der Waals surface area contributed by atoms with E-state index in [1.807, 2.05) is 30.3 Å². The highest BCUT2D eigenvalue weighted by molar-refractivity contribution is 9.10. The van der Waals surface area contributed by atoms with E-state index in [2.05, 4.69) is 31.4 Å². The van der Waals surface area contributed by atoms with Crippen LogP contribution in [0.1, 0.15) is 5.82 Å². The summed E-state index contributed by atoms with van der Waals surface area (Å²) in [5.74, 6) is 6.14. The molecule has 3 rings (SSSR count). The Balaban J connectivity index is 1.53. The molecular weight excluding hydrogens is 437 g/mol. The molecule has 27 heavy (non-hydrogen) atoms. The number of amides is 1. The molecule has 1 aromatic heterocycles. The molecule has 0 saturated heterocycles. The summed E-state index contributed by atoms with van der Waals surface area (Å²) in [6, 6.07) is 13.6. The van der Waals surface area contributed by atoms with E-state index in [0.29, 0.717) is 21.2 Å².